The highest BCUT2D eigenvalue weighted by molar-refractivity contribution is 6.04. The molecule has 134 valence electrons. The van der Waals surface area contributed by atoms with Crippen LogP contribution in [-0.4, -0.2) is 29.6 Å². The number of carboxylic acid groups (broad SMARTS) is 1. The molecule has 1 unspecified atom stereocenters. The van der Waals surface area contributed by atoms with E-state index in [1.165, 1.54) is 6.07 Å². The molecule has 1 aromatic heterocycles. The van der Waals surface area contributed by atoms with Gasteiger partial charge in [-0.05, 0) is 30.0 Å². The van der Waals surface area contributed by atoms with Gasteiger partial charge in [-0.25, -0.2) is 9.59 Å². The largest absolute Gasteiger partial charge is 0.484 e. The molecule has 0 radical (unpaired) electrons. The minimum Gasteiger partial charge on any atom is -0.484 e. The highest BCUT2D eigenvalue weighted by atomic mass is 16.5. The van der Waals surface area contributed by atoms with Crippen LogP contribution in [0.2, 0.25) is 0 Å². The van der Waals surface area contributed by atoms with E-state index in [9.17, 15) is 14.4 Å². The van der Waals surface area contributed by atoms with Crippen LogP contribution >= 0.6 is 0 Å². The molecule has 0 aliphatic heterocycles. The number of rotatable bonds is 6. The number of amides is 1. The van der Waals surface area contributed by atoms with Crippen LogP contribution in [0, 0.1) is 0 Å². The fourth-order valence-electron chi connectivity index (χ4n) is 2.67. The SMILES string of the molecule is CCC(NC(=O)COc1ccc2c(c1)oc(=O)c1ccccc12)C(=O)O. The van der Waals surface area contributed by atoms with Gasteiger partial charge in [0.2, 0.25) is 0 Å². The lowest BCUT2D eigenvalue weighted by atomic mass is 10.1. The molecule has 0 spiro atoms. The number of aliphatic carboxylic acids is 1. The number of hydrogen-bond acceptors (Lipinski definition) is 5. The van der Waals surface area contributed by atoms with E-state index < -0.39 is 23.5 Å². The van der Waals surface area contributed by atoms with E-state index in [1.54, 1.807) is 31.2 Å². The summed E-state index contributed by atoms with van der Waals surface area (Å²) in [6.07, 6.45) is 0.273. The quantitative estimate of drug-likeness (QED) is 0.519. The molecular formula is C19H17NO6. The standard InChI is InChI=1S/C19H17NO6/c1-2-15(18(22)23)20-17(21)10-25-11-7-8-13-12-5-3-4-6-14(12)19(24)26-16(13)9-11/h3-9,15H,2,10H2,1H3,(H,20,21)(H,22,23). The summed E-state index contributed by atoms with van der Waals surface area (Å²) in [6, 6.07) is 11.1. The van der Waals surface area contributed by atoms with Crippen LogP contribution in [0.3, 0.4) is 0 Å². The first-order valence-electron chi connectivity index (χ1n) is 8.10. The predicted molar refractivity (Wildman–Crippen MR) is 95.3 cm³/mol. The van der Waals surface area contributed by atoms with Crippen molar-refractivity contribution in [3.8, 4) is 5.75 Å². The van der Waals surface area contributed by atoms with Crippen LogP contribution in [0.1, 0.15) is 13.3 Å². The summed E-state index contributed by atoms with van der Waals surface area (Å²) < 4.78 is 10.7. The summed E-state index contributed by atoms with van der Waals surface area (Å²) >= 11 is 0. The van der Waals surface area contributed by atoms with Crippen LogP contribution in [0.25, 0.3) is 21.7 Å². The first-order chi connectivity index (χ1) is 12.5. The zero-order valence-electron chi connectivity index (χ0n) is 14.0. The summed E-state index contributed by atoms with van der Waals surface area (Å²) in [6.45, 7) is 1.32. The number of carbonyl (C=O) groups excluding carboxylic acids is 1. The fourth-order valence-corrected chi connectivity index (χ4v) is 2.67. The molecule has 0 fully saturated rings. The monoisotopic (exact) mass is 355 g/mol. The third kappa shape index (κ3) is 3.51. The number of carboxylic acids is 1. The highest BCUT2D eigenvalue weighted by Crippen LogP contribution is 2.26. The van der Waals surface area contributed by atoms with Gasteiger partial charge in [0.15, 0.2) is 6.61 Å². The van der Waals surface area contributed by atoms with E-state index in [-0.39, 0.29) is 13.0 Å². The number of carbonyl (C=O) groups is 2. The molecule has 0 saturated heterocycles. The van der Waals surface area contributed by atoms with Crippen molar-refractivity contribution in [1.82, 2.24) is 5.32 Å². The van der Waals surface area contributed by atoms with Gasteiger partial charge in [-0.3, -0.25) is 4.79 Å². The van der Waals surface area contributed by atoms with Crippen LogP contribution < -0.4 is 15.7 Å². The number of hydrogen-bond donors (Lipinski definition) is 2. The van der Waals surface area contributed by atoms with Crippen molar-refractivity contribution in [3.05, 3.63) is 52.9 Å². The molecule has 0 aliphatic rings. The van der Waals surface area contributed by atoms with Crippen molar-refractivity contribution < 1.29 is 23.8 Å². The molecule has 3 aromatic rings. The maximum absolute atomic E-state index is 12.1. The van der Waals surface area contributed by atoms with E-state index in [2.05, 4.69) is 5.32 Å². The Labute approximate surface area is 148 Å². The maximum Gasteiger partial charge on any atom is 0.344 e. The Kier molecular flexibility index (Phi) is 4.88. The molecule has 26 heavy (non-hydrogen) atoms. The minimum atomic E-state index is -1.10. The average Bonchev–Trinajstić information content (AvgIpc) is 2.64. The Morgan fingerprint density at radius 1 is 1.15 bits per heavy atom. The summed E-state index contributed by atoms with van der Waals surface area (Å²) in [5.74, 6) is -1.30. The number of nitrogens with one attached hydrogen (secondary N) is 1. The Morgan fingerprint density at radius 2 is 1.88 bits per heavy atom. The van der Waals surface area contributed by atoms with Gasteiger partial charge in [-0.15, -0.1) is 0 Å². The van der Waals surface area contributed by atoms with Crippen molar-refractivity contribution in [1.29, 1.82) is 0 Å². The lowest BCUT2D eigenvalue weighted by molar-refractivity contribution is -0.142. The summed E-state index contributed by atoms with van der Waals surface area (Å²) in [4.78, 5) is 34.8. The third-order valence-corrected chi connectivity index (χ3v) is 4.00. The van der Waals surface area contributed by atoms with Gasteiger partial charge >= 0.3 is 11.6 Å². The molecule has 2 N–H and O–H groups in total. The zero-order valence-corrected chi connectivity index (χ0v) is 14.0. The summed E-state index contributed by atoms with van der Waals surface area (Å²) in [5.41, 5.74) is -0.0983. The topological polar surface area (TPSA) is 106 Å². The average molecular weight is 355 g/mol. The van der Waals surface area contributed by atoms with E-state index >= 15 is 0 Å². The Hall–Kier alpha value is -3.35. The van der Waals surface area contributed by atoms with E-state index in [0.29, 0.717) is 16.7 Å². The van der Waals surface area contributed by atoms with Gasteiger partial charge in [0.1, 0.15) is 17.4 Å². The Balaban J connectivity index is 1.79. The first kappa shape index (κ1) is 17.5. The van der Waals surface area contributed by atoms with Crippen LogP contribution in [-0.2, 0) is 9.59 Å². The Morgan fingerprint density at radius 3 is 2.58 bits per heavy atom. The van der Waals surface area contributed by atoms with Gasteiger partial charge in [0, 0.05) is 11.5 Å². The molecular weight excluding hydrogens is 338 g/mol. The van der Waals surface area contributed by atoms with E-state index in [4.69, 9.17) is 14.3 Å². The van der Waals surface area contributed by atoms with Gasteiger partial charge < -0.3 is 19.6 Å². The van der Waals surface area contributed by atoms with Gasteiger partial charge in [-0.2, -0.15) is 0 Å². The fraction of sp³-hybridized carbons (Fsp3) is 0.211. The smallest absolute Gasteiger partial charge is 0.344 e. The van der Waals surface area contributed by atoms with E-state index in [0.717, 1.165) is 10.8 Å². The molecule has 1 heterocycles. The second-order valence-electron chi connectivity index (χ2n) is 5.75. The predicted octanol–water partition coefficient (Wildman–Crippen LogP) is 2.30. The molecule has 7 heteroatoms. The second-order valence-corrected chi connectivity index (χ2v) is 5.75. The second kappa shape index (κ2) is 7.26. The summed E-state index contributed by atoms with van der Waals surface area (Å²) in [5, 5.41) is 13.3. The first-order valence-corrected chi connectivity index (χ1v) is 8.10. The van der Waals surface area contributed by atoms with Gasteiger partial charge in [0.25, 0.3) is 5.91 Å². The van der Waals surface area contributed by atoms with Crippen LogP contribution in [0.5, 0.6) is 5.75 Å². The Bertz CT molecular complexity index is 1040. The minimum absolute atomic E-state index is 0.273. The van der Waals surface area contributed by atoms with Crippen molar-refractivity contribution in [2.24, 2.45) is 0 Å². The van der Waals surface area contributed by atoms with Crippen molar-refractivity contribution in [2.45, 2.75) is 19.4 Å². The van der Waals surface area contributed by atoms with E-state index in [1.807, 2.05) is 12.1 Å². The molecule has 0 saturated carbocycles. The maximum atomic E-state index is 12.1. The van der Waals surface area contributed by atoms with Crippen LogP contribution in [0.15, 0.2) is 51.7 Å². The molecule has 1 atom stereocenters. The van der Waals surface area contributed by atoms with Gasteiger partial charge in [-0.1, -0.05) is 25.1 Å². The molecule has 3 rings (SSSR count). The van der Waals surface area contributed by atoms with Crippen molar-refractivity contribution in [2.75, 3.05) is 6.61 Å². The lowest BCUT2D eigenvalue weighted by Gasteiger charge is -2.13. The molecule has 2 aromatic carbocycles. The molecule has 0 aliphatic carbocycles. The van der Waals surface area contributed by atoms with Crippen molar-refractivity contribution in [3.63, 3.8) is 0 Å². The lowest BCUT2D eigenvalue weighted by Crippen LogP contribution is -2.42. The van der Waals surface area contributed by atoms with Gasteiger partial charge in [0.05, 0.1) is 5.39 Å². The van der Waals surface area contributed by atoms with Crippen LogP contribution in [0.4, 0.5) is 0 Å². The normalized spacial score (nSPS) is 12.0. The number of ether oxygens (including phenoxy) is 1. The zero-order chi connectivity index (χ0) is 18.7. The molecule has 1 amide bonds. The highest BCUT2D eigenvalue weighted by Gasteiger charge is 2.17. The molecule has 0 bridgehead atoms. The van der Waals surface area contributed by atoms with Crippen molar-refractivity contribution >= 4 is 33.6 Å². The number of fused-ring (bicyclic) bond motifs is 3. The summed E-state index contributed by atoms with van der Waals surface area (Å²) in [7, 11) is 0. The molecule has 7 nitrogen and oxygen atoms in total. The third-order valence-electron chi connectivity index (χ3n) is 4.00. The number of benzene rings is 2.